The molecular weight excluding hydrogens is 304 g/mol. The number of nitrogens with zero attached hydrogens (tertiary/aromatic N) is 1. The summed E-state index contributed by atoms with van der Waals surface area (Å²) >= 11 is 1.03. The molecular formula is C15H18N2O4S. The van der Waals surface area contributed by atoms with Gasteiger partial charge in [-0.2, -0.15) is 0 Å². The first-order chi connectivity index (χ1) is 10.5. The van der Waals surface area contributed by atoms with Crippen LogP contribution < -0.4 is 5.73 Å². The van der Waals surface area contributed by atoms with Crippen molar-refractivity contribution in [3.05, 3.63) is 21.9 Å². The molecule has 1 saturated carbocycles. The van der Waals surface area contributed by atoms with Crippen LogP contribution in [0.1, 0.15) is 51.4 Å². The van der Waals surface area contributed by atoms with E-state index < -0.39 is 17.9 Å². The van der Waals surface area contributed by atoms with Crippen molar-refractivity contribution in [1.29, 1.82) is 0 Å². The molecule has 6 nitrogen and oxygen atoms in total. The van der Waals surface area contributed by atoms with E-state index in [1.54, 1.807) is 6.07 Å². The van der Waals surface area contributed by atoms with Gasteiger partial charge in [-0.25, -0.2) is 4.79 Å². The molecule has 0 bridgehead atoms. The molecule has 7 heteroatoms. The Morgan fingerprint density at radius 2 is 1.86 bits per heavy atom. The van der Waals surface area contributed by atoms with E-state index in [0.29, 0.717) is 16.2 Å². The fraction of sp³-hybridized carbons (Fsp3) is 0.533. The molecule has 118 valence electrons. The molecule has 3 rings (SSSR count). The minimum atomic E-state index is -0.950. The summed E-state index contributed by atoms with van der Waals surface area (Å²) in [4.78, 5) is 37.7. The maximum absolute atomic E-state index is 12.8. The smallest absolute Gasteiger partial charge is 0.326 e. The number of carbonyl (C=O) groups is 3. The van der Waals surface area contributed by atoms with Crippen LogP contribution in [-0.4, -0.2) is 39.9 Å². The number of rotatable bonds is 3. The monoisotopic (exact) mass is 322 g/mol. The summed E-state index contributed by atoms with van der Waals surface area (Å²) in [5.74, 6) is -1.54. The predicted molar refractivity (Wildman–Crippen MR) is 80.8 cm³/mol. The van der Waals surface area contributed by atoms with Gasteiger partial charge in [-0.1, -0.05) is 12.8 Å². The molecule has 1 aliphatic heterocycles. The number of fused-ring (bicyclic) bond motifs is 1. The number of carboxylic acids is 1. The molecule has 22 heavy (non-hydrogen) atoms. The van der Waals surface area contributed by atoms with E-state index in [4.69, 9.17) is 5.73 Å². The number of thiophene rings is 1. The number of likely N-dealkylation sites (tertiary alicyclic amines) is 1. The SMILES string of the molecule is NC(=O)c1ccc(C(=O)N2C(C(=O)O)CC3CCCCC32)s1. The van der Waals surface area contributed by atoms with E-state index in [-0.39, 0.29) is 17.9 Å². The highest BCUT2D eigenvalue weighted by Gasteiger charge is 2.47. The van der Waals surface area contributed by atoms with Crippen LogP contribution >= 0.6 is 11.3 Å². The average molecular weight is 322 g/mol. The minimum Gasteiger partial charge on any atom is -0.480 e. The second-order valence-corrected chi connectivity index (χ2v) is 7.03. The Morgan fingerprint density at radius 1 is 1.18 bits per heavy atom. The van der Waals surface area contributed by atoms with Crippen molar-refractivity contribution in [1.82, 2.24) is 4.90 Å². The van der Waals surface area contributed by atoms with Crippen LogP contribution in [0.25, 0.3) is 0 Å². The van der Waals surface area contributed by atoms with E-state index in [0.717, 1.165) is 37.0 Å². The standard InChI is InChI=1S/C15H18N2O4S/c16-13(18)11-5-6-12(22-11)14(19)17-9-4-2-1-3-8(9)7-10(17)15(20)21/h5-6,8-10H,1-4,7H2,(H2,16,18)(H,20,21). The summed E-state index contributed by atoms with van der Waals surface area (Å²) < 4.78 is 0. The number of hydrogen-bond donors (Lipinski definition) is 2. The summed E-state index contributed by atoms with van der Waals surface area (Å²) in [7, 11) is 0. The lowest BCUT2D eigenvalue weighted by Gasteiger charge is -2.32. The van der Waals surface area contributed by atoms with Gasteiger partial charge in [0.15, 0.2) is 0 Å². The maximum Gasteiger partial charge on any atom is 0.326 e. The van der Waals surface area contributed by atoms with Crippen molar-refractivity contribution in [3.8, 4) is 0 Å². The van der Waals surface area contributed by atoms with Crippen LogP contribution in [0.15, 0.2) is 12.1 Å². The van der Waals surface area contributed by atoms with Gasteiger partial charge in [-0.3, -0.25) is 9.59 Å². The van der Waals surface area contributed by atoms with Gasteiger partial charge in [0.2, 0.25) is 0 Å². The molecule has 2 amide bonds. The molecule has 3 atom stereocenters. The van der Waals surface area contributed by atoms with Crippen LogP contribution in [0.4, 0.5) is 0 Å². The zero-order valence-electron chi connectivity index (χ0n) is 12.0. The van der Waals surface area contributed by atoms with Crippen molar-refractivity contribution in [2.45, 2.75) is 44.2 Å². The van der Waals surface area contributed by atoms with E-state index in [2.05, 4.69) is 0 Å². The number of hydrogen-bond acceptors (Lipinski definition) is 4. The maximum atomic E-state index is 12.8. The Labute approximate surface area is 131 Å². The second-order valence-electron chi connectivity index (χ2n) is 5.94. The highest BCUT2D eigenvalue weighted by Crippen LogP contribution is 2.41. The van der Waals surface area contributed by atoms with E-state index in [9.17, 15) is 19.5 Å². The quantitative estimate of drug-likeness (QED) is 0.884. The van der Waals surface area contributed by atoms with Crippen molar-refractivity contribution in [3.63, 3.8) is 0 Å². The Kier molecular flexibility index (Phi) is 3.90. The summed E-state index contributed by atoms with van der Waals surface area (Å²) in [6, 6.07) is 2.31. The third kappa shape index (κ3) is 2.49. The van der Waals surface area contributed by atoms with Gasteiger partial charge in [0, 0.05) is 6.04 Å². The van der Waals surface area contributed by atoms with Crippen molar-refractivity contribution >= 4 is 29.1 Å². The first-order valence-corrected chi connectivity index (χ1v) is 8.26. The number of carboxylic acid groups (broad SMARTS) is 1. The summed E-state index contributed by atoms with van der Waals surface area (Å²) in [5, 5.41) is 9.46. The molecule has 0 aromatic carbocycles. The molecule has 1 aliphatic carbocycles. The van der Waals surface area contributed by atoms with Gasteiger partial charge in [0.05, 0.1) is 9.75 Å². The van der Waals surface area contributed by atoms with E-state index in [1.165, 1.54) is 11.0 Å². The number of carbonyl (C=O) groups excluding carboxylic acids is 2. The molecule has 1 aromatic rings. The van der Waals surface area contributed by atoms with Crippen molar-refractivity contribution < 1.29 is 19.5 Å². The third-order valence-corrected chi connectivity index (χ3v) is 5.76. The lowest BCUT2D eigenvalue weighted by atomic mass is 9.85. The van der Waals surface area contributed by atoms with Crippen LogP contribution in [0.5, 0.6) is 0 Å². The number of primary amides is 1. The lowest BCUT2D eigenvalue weighted by molar-refractivity contribution is -0.141. The second kappa shape index (κ2) is 5.72. The number of nitrogens with two attached hydrogens (primary N) is 1. The van der Waals surface area contributed by atoms with Gasteiger partial charge in [-0.05, 0) is 37.3 Å². The minimum absolute atomic E-state index is 0.00137. The molecule has 2 heterocycles. The normalized spacial score (nSPS) is 27.5. The van der Waals surface area contributed by atoms with Crippen LogP contribution in [0.3, 0.4) is 0 Å². The van der Waals surface area contributed by atoms with Gasteiger partial charge < -0.3 is 15.7 Å². The largest absolute Gasteiger partial charge is 0.480 e. The lowest BCUT2D eigenvalue weighted by Crippen LogP contribution is -2.46. The highest BCUT2D eigenvalue weighted by molar-refractivity contribution is 7.15. The highest BCUT2D eigenvalue weighted by atomic mass is 32.1. The molecule has 3 unspecified atom stereocenters. The first-order valence-electron chi connectivity index (χ1n) is 7.44. The molecule has 2 fully saturated rings. The van der Waals surface area contributed by atoms with Crippen molar-refractivity contribution in [2.75, 3.05) is 0 Å². The fourth-order valence-electron chi connectivity index (χ4n) is 3.69. The Balaban J connectivity index is 1.89. The number of amides is 2. The van der Waals surface area contributed by atoms with E-state index in [1.807, 2.05) is 0 Å². The van der Waals surface area contributed by atoms with Gasteiger partial charge in [0.1, 0.15) is 6.04 Å². The molecule has 2 aliphatic rings. The Hall–Kier alpha value is -1.89. The summed E-state index contributed by atoms with van der Waals surface area (Å²) in [5.41, 5.74) is 5.21. The van der Waals surface area contributed by atoms with Gasteiger partial charge in [-0.15, -0.1) is 11.3 Å². The van der Waals surface area contributed by atoms with E-state index >= 15 is 0 Å². The summed E-state index contributed by atoms with van der Waals surface area (Å²) in [6.07, 6.45) is 4.48. The van der Waals surface area contributed by atoms with Crippen LogP contribution in [-0.2, 0) is 4.79 Å². The molecule has 3 N–H and O–H groups in total. The molecule has 0 spiro atoms. The predicted octanol–water partition coefficient (Wildman–Crippen LogP) is 1.70. The average Bonchev–Trinajstić information content (AvgIpc) is 3.11. The van der Waals surface area contributed by atoms with Crippen LogP contribution in [0.2, 0.25) is 0 Å². The topological polar surface area (TPSA) is 101 Å². The molecule has 1 saturated heterocycles. The van der Waals surface area contributed by atoms with Crippen LogP contribution in [0, 0.1) is 5.92 Å². The fourth-order valence-corrected chi connectivity index (χ4v) is 4.49. The third-order valence-electron chi connectivity index (χ3n) is 4.67. The molecule has 0 radical (unpaired) electrons. The first kappa shape index (κ1) is 15.0. The number of aliphatic carboxylic acids is 1. The zero-order chi connectivity index (χ0) is 15.9. The summed E-state index contributed by atoms with van der Waals surface area (Å²) in [6.45, 7) is 0. The van der Waals surface area contributed by atoms with Gasteiger partial charge >= 0.3 is 5.97 Å². The van der Waals surface area contributed by atoms with Crippen molar-refractivity contribution in [2.24, 2.45) is 11.7 Å². The molecule has 1 aromatic heterocycles. The van der Waals surface area contributed by atoms with Gasteiger partial charge in [0.25, 0.3) is 11.8 Å². The Bertz CT molecular complexity index is 627. The Morgan fingerprint density at radius 3 is 2.50 bits per heavy atom. The zero-order valence-corrected chi connectivity index (χ0v) is 12.8.